The Labute approximate surface area is 114 Å². The Bertz CT molecular complexity index is 455. The van der Waals surface area contributed by atoms with Crippen LogP contribution in [0.3, 0.4) is 0 Å². The molecule has 1 amide bonds. The van der Waals surface area contributed by atoms with Crippen molar-refractivity contribution in [2.45, 2.75) is 12.8 Å². The molecule has 5 nitrogen and oxygen atoms in total. The van der Waals surface area contributed by atoms with Crippen molar-refractivity contribution < 1.29 is 4.79 Å². The van der Waals surface area contributed by atoms with E-state index >= 15 is 0 Å². The van der Waals surface area contributed by atoms with Crippen LogP contribution in [0, 0.1) is 0 Å². The first-order chi connectivity index (χ1) is 9.08. The summed E-state index contributed by atoms with van der Waals surface area (Å²) in [5.41, 5.74) is 13.0. The Hall–Kier alpha value is -1.75. The van der Waals surface area contributed by atoms with E-state index in [-0.39, 0.29) is 0 Å². The number of primary amides is 1. The SMILES string of the molecule is CN(CCN1CCCC1)c1ccc(N)cc1C(N)=O. The number of nitrogens with two attached hydrogens (primary N) is 2. The van der Waals surface area contributed by atoms with Crippen molar-refractivity contribution in [2.24, 2.45) is 5.73 Å². The van der Waals surface area contributed by atoms with Gasteiger partial charge in [-0.3, -0.25) is 4.79 Å². The predicted octanol–water partition coefficient (Wildman–Crippen LogP) is 0.900. The molecule has 1 aliphatic heterocycles. The van der Waals surface area contributed by atoms with Crippen molar-refractivity contribution in [2.75, 3.05) is 43.9 Å². The Morgan fingerprint density at radius 1 is 1.37 bits per heavy atom. The van der Waals surface area contributed by atoms with Gasteiger partial charge in [-0.25, -0.2) is 0 Å². The molecule has 1 aromatic rings. The third kappa shape index (κ3) is 3.38. The van der Waals surface area contributed by atoms with Crippen molar-refractivity contribution in [1.82, 2.24) is 4.90 Å². The molecule has 1 fully saturated rings. The van der Waals surface area contributed by atoms with E-state index in [0.717, 1.165) is 18.8 Å². The number of rotatable bonds is 5. The van der Waals surface area contributed by atoms with Crippen LogP contribution in [0.4, 0.5) is 11.4 Å². The summed E-state index contributed by atoms with van der Waals surface area (Å²) in [5, 5.41) is 0. The highest BCUT2D eigenvalue weighted by atomic mass is 16.1. The minimum Gasteiger partial charge on any atom is -0.399 e. The van der Waals surface area contributed by atoms with Gasteiger partial charge in [0, 0.05) is 31.5 Å². The van der Waals surface area contributed by atoms with Crippen LogP contribution >= 0.6 is 0 Å². The Kier molecular flexibility index (Phi) is 4.27. The number of hydrogen-bond donors (Lipinski definition) is 2. The quantitative estimate of drug-likeness (QED) is 0.773. The van der Waals surface area contributed by atoms with Gasteiger partial charge in [-0.15, -0.1) is 0 Å². The Morgan fingerprint density at radius 3 is 2.68 bits per heavy atom. The second-order valence-electron chi connectivity index (χ2n) is 5.11. The van der Waals surface area contributed by atoms with Gasteiger partial charge in [-0.05, 0) is 44.1 Å². The van der Waals surface area contributed by atoms with Gasteiger partial charge in [0.2, 0.25) is 0 Å². The molecule has 0 unspecified atom stereocenters. The van der Waals surface area contributed by atoms with E-state index < -0.39 is 5.91 Å². The van der Waals surface area contributed by atoms with E-state index in [2.05, 4.69) is 9.80 Å². The first kappa shape index (κ1) is 13.7. The molecule has 19 heavy (non-hydrogen) atoms. The summed E-state index contributed by atoms with van der Waals surface area (Å²) in [6.45, 7) is 4.25. The molecule has 1 heterocycles. The summed E-state index contributed by atoms with van der Waals surface area (Å²) in [5.74, 6) is -0.435. The van der Waals surface area contributed by atoms with Gasteiger partial charge < -0.3 is 21.3 Å². The number of anilines is 2. The third-order valence-corrected chi connectivity index (χ3v) is 3.65. The zero-order valence-electron chi connectivity index (χ0n) is 11.4. The van der Waals surface area contributed by atoms with Crippen molar-refractivity contribution in [3.8, 4) is 0 Å². The maximum Gasteiger partial charge on any atom is 0.250 e. The smallest absolute Gasteiger partial charge is 0.250 e. The van der Waals surface area contributed by atoms with Crippen LogP contribution in [0.15, 0.2) is 18.2 Å². The molecule has 1 aliphatic rings. The van der Waals surface area contributed by atoms with Crippen LogP contribution in [0.1, 0.15) is 23.2 Å². The number of amides is 1. The number of carbonyl (C=O) groups is 1. The maximum atomic E-state index is 11.5. The van der Waals surface area contributed by atoms with Crippen molar-refractivity contribution in [3.05, 3.63) is 23.8 Å². The van der Waals surface area contributed by atoms with Gasteiger partial charge in [0.15, 0.2) is 0 Å². The first-order valence-electron chi connectivity index (χ1n) is 6.71. The molecule has 104 valence electrons. The highest BCUT2D eigenvalue weighted by Crippen LogP contribution is 2.22. The van der Waals surface area contributed by atoms with Gasteiger partial charge in [-0.1, -0.05) is 0 Å². The van der Waals surface area contributed by atoms with Gasteiger partial charge in [0.1, 0.15) is 0 Å². The molecule has 0 spiro atoms. The predicted molar refractivity (Wildman–Crippen MR) is 78.3 cm³/mol. The van der Waals surface area contributed by atoms with E-state index in [1.165, 1.54) is 25.9 Å². The fourth-order valence-electron chi connectivity index (χ4n) is 2.50. The molecule has 1 saturated heterocycles. The summed E-state index contributed by atoms with van der Waals surface area (Å²) in [6, 6.07) is 5.30. The molecule has 0 aromatic heterocycles. The van der Waals surface area contributed by atoms with Gasteiger partial charge in [-0.2, -0.15) is 0 Å². The van der Waals surface area contributed by atoms with E-state index in [1.807, 2.05) is 13.1 Å². The molecule has 0 aliphatic carbocycles. The largest absolute Gasteiger partial charge is 0.399 e. The van der Waals surface area contributed by atoms with Crippen LogP contribution < -0.4 is 16.4 Å². The number of hydrogen-bond acceptors (Lipinski definition) is 4. The highest BCUT2D eigenvalue weighted by molar-refractivity contribution is 5.99. The van der Waals surface area contributed by atoms with Gasteiger partial charge >= 0.3 is 0 Å². The molecule has 0 saturated carbocycles. The lowest BCUT2D eigenvalue weighted by atomic mass is 10.1. The number of carbonyl (C=O) groups excluding carboxylic acids is 1. The summed E-state index contributed by atoms with van der Waals surface area (Å²) < 4.78 is 0. The first-order valence-corrected chi connectivity index (χ1v) is 6.71. The standard InChI is InChI=1S/C14H22N4O/c1-17(8-9-18-6-2-3-7-18)13-5-4-11(15)10-12(13)14(16)19/h4-5,10H,2-3,6-9,15H2,1H3,(H2,16,19). The van der Waals surface area contributed by atoms with E-state index in [0.29, 0.717) is 11.3 Å². The average Bonchev–Trinajstić information content (AvgIpc) is 2.88. The molecule has 5 heteroatoms. The summed E-state index contributed by atoms with van der Waals surface area (Å²) >= 11 is 0. The minimum absolute atomic E-state index is 0.435. The number of nitrogens with zero attached hydrogens (tertiary/aromatic N) is 2. The molecular formula is C14H22N4O. The monoisotopic (exact) mass is 262 g/mol. The third-order valence-electron chi connectivity index (χ3n) is 3.65. The fourth-order valence-corrected chi connectivity index (χ4v) is 2.50. The van der Waals surface area contributed by atoms with Crippen LogP contribution in [0.2, 0.25) is 0 Å². The fraction of sp³-hybridized carbons (Fsp3) is 0.500. The molecule has 0 atom stereocenters. The average molecular weight is 262 g/mol. The van der Waals surface area contributed by atoms with Crippen molar-refractivity contribution in [3.63, 3.8) is 0 Å². The molecule has 2 rings (SSSR count). The number of likely N-dealkylation sites (N-methyl/N-ethyl adjacent to an activating group) is 1. The van der Waals surface area contributed by atoms with E-state index in [1.54, 1.807) is 12.1 Å². The molecule has 0 bridgehead atoms. The van der Waals surface area contributed by atoms with Crippen molar-refractivity contribution >= 4 is 17.3 Å². The molecule has 1 aromatic carbocycles. The second kappa shape index (κ2) is 5.93. The van der Waals surface area contributed by atoms with E-state index in [4.69, 9.17) is 11.5 Å². The van der Waals surface area contributed by atoms with Crippen LogP contribution in [0.25, 0.3) is 0 Å². The number of nitrogen functional groups attached to an aromatic ring is 1. The van der Waals surface area contributed by atoms with Gasteiger partial charge in [0.05, 0.1) is 5.56 Å². The number of benzene rings is 1. The lowest BCUT2D eigenvalue weighted by Gasteiger charge is -2.24. The summed E-state index contributed by atoms with van der Waals surface area (Å²) in [7, 11) is 1.98. The van der Waals surface area contributed by atoms with Crippen LogP contribution in [-0.4, -0.2) is 44.0 Å². The van der Waals surface area contributed by atoms with Gasteiger partial charge in [0.25, 0.3) is 5.91 Å². The lowest BCUT2D eigenvalue weighted by molar-refractivity contribution is 0.100. The molecule has 4 N–H and O–H groups in total. The molecule has 0 radical (unpaired) electrons. The maximum absolute atomic E-state index is 11.5. The highest BCUT2D eigenvalue weighted by Gasteiger charge is 2.15. The van der Waals surface area contributed by atoms with Crippen LogP contribution in [0.5, 0.6) is 0 Å². The minimum atomic E-state index is -0.435. The second-order valence-corrected chi connectivity index (χ2v) is 5.11. The Balaban J connectivity index is 2.05. The van der Waals surface area contributed by atoms with E-state index in [9.17, 15) is 4.79 Å². The zero-order chi connectivity index (χ0) is 13.8. The molecular weight excluding hydrogens is 240 g/mol. The Morgan fingerprint density at radius 2 is 2.05 bits per heavy atom. The summed E-state index contributed by atoms with van der Waals surface area (Å²) in [4.78, 5) is 16.0. The zero-order valence-corrected chi connectivity index (χ0v) is 11.4. The van der Waals surface area contributed by atoms with Crippen LogP contribution in [-0.2, 0) is 0 Å². The summed E-state index contributed by atoms with van der Waals surface area (Å²) in [6.07, 6.45) is 2.58. The van der Waals surface area contributed by atoms with Crippen molar-refractivity contribution in [1.29, 1.82) is 0 Å². The number of likely N-dealkylation sites (tertiary alicyclic amines) is 1. The lowest BCUT2D eigenvalue weighted by Crippen LogP contribution is -2.32. The normalized spacial score (nSPS) is 15.6. The topological polar surface area (TPSA) is 75.6 Å².